The monoisotopic (exact) mass is 543 g/mol. The van der Waals surface area contributed by atoms with Crippen LogP contribution in [-0.2, 0) is 6.42 Å². The van der Waals surface area contributed by atoms with Gasteiger partial charge in [0.1, 0.15) is 11.5 Å². The summed E-state index contributed by atoms with van der Waals surface area (Å²) < 4.78 is 6.70. The Morgan fingerprint density at radius 3 is 2.51 bits per heavy atom. The van der Waals surface area contributed by atoms with Gasteiger partial charge in [-0.1, -0.05) is 82.1 Å². The molecule has 0 saturated carbocycles. The number of para-hydroxylation sites is 1. The number of aromatic carboxylic acids is 1. The van der Waals surface area contributed by atoms with Crippen molar-refractivity contribution in [2.24, 2.45) is 0 Å². The number of fused-ring (bicyclic) bond motifs is 1. The van der Waals surface area contributed by atoms with E-state index in [2.05, 4.69) is 33.0 Å². The van der Waals surface area contributed by atoms with Crippen LogP contribution in [-0.4, -0.2) is 16.1 Å². The average Bonchev–Trinajstić information content (AvgIpc) is 2.84. The Kier molecular flexibility index (Phi) is 6.53. The van der Waals surface area contributed by atoms with Crippen LogP contribution in [0.2, 0.25) is 5.02 Å². The van der Waals surface area contributed by atoms with E-state index in [1.54, 1.807) is 6.07 Å². The summed E-state index contributed by atoms with van der Waals surface area (Å²) >= 11 is 9.84. The van der Waals surface area contributed by atoms with Crippen molar-refractivity contribution in [2.45, 2.75) is 6.42 Å². The second-order valence-electron chi connectivity index (χ2n) is 8.07. The van der Waals surface area contributed by atoms with Crippen LogP contribution >= 0.6 is 27.5 Å². The fraction of sp³-hybridized carbons (Fsp3) is 0.0345. The number of rotatable bonds is 6. The largest absolute Gasteiger partial charge is 0.478 e. The van der Waals surface area contributed by atoms with E-state index in [9.17, 15) is 9.90 Å². The molecule has 0 aliphatic rings. The molecular formula is C29H19BrClNO3. The van der Waals surface area contributed by atoms with Crippen molar-refractivity contribution in [3.8, 4) is 22.6 Å². The number of benzene rings is 4. The van der Waals surface area contributed by atoms with Crippen molar-refractivity contribution < 1.29 is 14.6 Å². The first-order chi connectivity index (χ1) is 17.0. The van der Waals surface area contributed by atoms with Gasteiger partial charge in [-0.3, -0.25) is 4.98 Å². The van der Waals surface area contributed by atoms with Gasteiger partial charge in [-0.15, -0.1) is 0 Å². The van der Waals surface area contributed by atoms with E-state index < -0.39 is 5.97 Å². The van der Waals surface area contributed by atoms with E-state index in [0.29, 0.717) is 27.4 Å². The van der Waals surface area contributed by atoms with Gasteiger partial charge in [-0.2, -0.15) is 0 Å². The molecule has 0 bridgehead atoms. The van der Waals surface area contributed by atoms with Gasteiger partial charge < -0.3 is 9.84 Å². The number of ether oxygens (including phenoxy) is 1. The highest BCUT2D eigenvalue weighted by molar-refractivity contribution is 9.10. The lowest BCUT2D eigenvalue weighted by Crippen LogP contribution is -1.98. The number of nitrogens with zero attached hydrogens (tertiary/aromatic N) is 1. The normalized spacial score (nSPS) is 10.9. The zero-order chi connectivity index (χ0) is 24.4. The van der Waals surface area contributed by atoms with Crippen LogP contribution in [0.25, 0.3) is 22.0 Å². The van der Waals surface area contributed by atoms with E-state index in [4.69, 9.17) is 16.3 Å². The third-order valence-electron chi connectivity index (χ3n) is 5.64. The lowest BCUT2D eigenvalue weighted by Gasteiger charge is -2.15. The lowest BCUT2D eigenvalue weighted by atomic mass is 9.93. The first kappa shape index (κ1) is 23.1. The Balaban J connectivity index is 1.61. The van der Waals surface area contributed by atoms with E-state index in [0.717, 1.165) is 27.6 Å². The highest BCUT2D eigenvalue weighted by Crippen LogP contribution is 2.37. The molecule has 5 rings (SSSR count). The summed E-state index contributed by atoms with van der Waals surface area (Å²) in [6.07, 6.45) is 2.60. The van der Waals surface area contributed by atoms with Crippen molar-refractivity contribution in [1.29, 1.82) is 0 Å². The van der Waals surface area contributed by atoms with Crippen molar-refractivity contribution in [2.75, 3.05) is 0 Å². The van der Waals surface area contributed by atoms with E-state index in [1.807, 2.05) is 66.9 Å². The van der Waals surface area contributed by atoms with Crippen LogP contribution in [0.4, 0.5) is 0 Å². The zero-order valence-electron chi connectivity index (χ0n) is 18.4. The summed E-state index contributed by atoms with van der Waals surface area (Å²) in [5, 5.41) is 10.9. The number of carboxylic acid groups (broad SMARTS) is 1. The maximum atomic E-state index is 11.4. The minimum absolute atomic E-state index is 0.144. The first-order valence-electron chi connectivity index (χ1n) is 10.9. The molecule has 1 N–H and O–H groups in total. The standard InChI is InChI=1S/C29H19BrClNO3/c30-22-13-20(29(33)34)15-24(16-22)35-23-9-4-8-19(14-23)27-21(12-18-6-2-1-3-7-18)17-32-28-25(27)10-5-11-26(28)31/h1-11,13-17H,12H2,(H,33,34). The van der Waals surface area contributed by atoms with Gasteiger partial charge in [0.2, 0.25) is 0 Å². The Morgan fingerprint density at radius 2 is 1.71 bits per heavy atom. The number of hydrogen-bond acceptors (Lipinski definition) is 3. The molecule has 0 radical (unpaired) electrons. The number of aromatic nitrogens is 1. The number of halogens is 2. The number of carbonyl (C=O) groups is 1. The first-order valence-corrected chi connectivity index (χ1v) is 12.1. The van der Waals surface area contributed by atoms with Crippen molar-refractivity contribution in [3.63, 3.8) is 0 Å². The zero-order valence-corrected chi connectivity index (χ0v) is 20.8. The summed E-state index contributed by atoms with van der Waals surface area (Å²) in [7, 11) is 0. The van der Waals surface area contributed by atoms with Gasteiger partial charge in [-0.05, 0) is 65.1 Å². The molecule has 0 spiro atoms. The molecule has 0 aliphatic heterocycles. The molecule has 5 aromatic rings. The predicted octanol–water partition coefficient (Wildman–Crippen LogP) is 8.40. The molecule has 0 amide bonds. The number of pyridine rings is 1. The summed E-state index contributed by atoms with van der Waals surface area (Å²) in [5.74, 6) is 0.00578. The predicted molar refractivity (Wildman–Crippen MR) is 143 cm³/mol. The molecule has 6 heteroatoms. The Hall–Kier alpha value is -3.67. The molecule has 1 aromatic heterocycles. The molecule has 0 atom stereocenters. The van der Waals surface area contributed by atoms with Crippen molar-refractivity contribution in [1.82, 2.24) is 4.98 Å². The van der Waals surface area contributed by atoms with Gasteiger partial charge in [0.15, 0.2) is 0 Å². The van der Waals surface area contributed by atoms with Gasteiger partial charge in [0, 0.05) is 16.1 Å². The smallest absolute Gasteiger partial charge is 0.335 e. The number of carboxylic acids is 1. The van der Waals surface area contributed by atoms with Crippen LogP contribution < -0.4 is 4.74 Å². The topological polar surface area (TPSA) is 59.4 Å². The van der Waals surface area contributed by atoms with Gasteiger partial charge in [0.05, 0.1) is 16.1 Å². The summed E-state index contributed by atoms with van der Waals surface area (Å²) in [6.45, 7) is 0. The van der Waals surface area contributed by atoms with E-state index in [-0.39, 0.29) is 5.56 Å². The molecule has 1 heterocycles. The molecule has 0 unspecified atom stereocenters. The number of hydrogen-bond donors (Lipinski definition) is 1. The molecule has 35 heavy (non-hydrogen) atoms. The average molecular weight is 545 g/mol. The van der Waals surface area contributed by atoms with Crippen LogP contribution in [0.5, 0.6) is 11.5 Å². The van der Waals surface area contributed by atoms with Gasteiger partial charge in [0.25, 0.3) is 0 Å². The van der Waals surface area contributed by atoms with Crippen LogP contribution in [0, 0.1) is 0 Å². The molecule has 0 aliphatic carbocycles. The molecule has 0 fully saturated rings. The Labute approximate surface area is 215 Å². The Morgan fingerprint density at radius 1 is 0.914 bits per heavy atom. The summed E-state index contributed by atoms with van der Waals surface area (Å²) in [6, 6.07) is 28.6. The third kappa shape index (κ3) is 5.06. The highest BCUT2D eigenvalue weighted by atomic mass is 79.9. The minimum atomic E-state index is -1.02. The quantitative estimate of drug-likeness (QED) is 0.233. The molecule has 0 saturated heterocycles. The van der Waals surface area contributed by atoms with E-state index >= 15 is 0 Å². The molecule has 4 aromatic carbocycles. The molecular weight excluding hydrogens is 526 g/mol. The van der Waals surface area contributed by atoms with Gasteiger partial charge >= 0.3 is 5.97 Å². The lowest BCUT2D eigenvalue weighted by molar-refractivity contribution is 0.0696. The SMILES string of the molecule is O=C(O)c1cc(Br)cc(Oc2cccc(-c3c(Cc4ccccc4)cnc4c(Cl)cccc34)c2)c1. The second kappa shape index (κ2) is 9.90. The Bertz CT molecular complexity index is 1550. The van der Waals surface area contributed by atoms with Crippen LogP contribution in [0.3, 0.4) is 0 Å². The second-order valence-corrected chi connectivity index (χ2v) is 9.39. The fourth-order valence-corrected chi connectivity index (χ4v) is 4.81. The van der Waals surface area contributed by atoms with Gasteiger partial charge in [-0.25, -0.2) is 4.79 Å². The fourth-order valence-electron chi connectivity index (χ4n) is 4.12. The maximum absolute atomic E-state index is 11.4. The third-order valence-corrected chi connectivity index (χ3v) is 6.40. The van der Waals surface area contributed by atoms with E-state index in [1.165, 1.54) is 17.7 Å². The van der Waals surface area contributed by atoms with Crippen LogP contribution in [0.1, 0.15) is 21.5 Å². The molecule has 4 nitrogen and oxygen atoms in total. The highest BCUT2D eigenvalue weighted by Gasteiger charge is 2.15. The maximum Gasteiger partial charge on any atom is 0.335 e. The molecule has 172 valence electrons. The van der Waals surface area contributed by atoms with Crippen molar-refractivity contribution >= 4 is 44.4 Å². The summed E-state index contributed by atoms with van der Waals surface area (Å²) in [4.78, 5) is 16.1. The summed E-state index contributed by atoms with van der Waals surface area (Å²) in [5.41, 5.74) is 5.12. The van der Waals surface area contributed by atoms with Crippen molar-refractivity contribution in [3.05, 3.63) is 123 Å². The van der Waals surface area contributed by atoms with Crippen LogP contribution in [0.15, 0.2) is 102 Å². The minimum Gasteiger partial charge on any atom is -0.478 e.